The zero-order chi connectivity index (χ0) is 16.8. The van der Waals surface area contributed by atoms with E-state index in [4.69, 9.17) is 0 Å². The van der Waals surface area contributed by atoms with E-state index in [1.165, 1.54) is 30.3 Å². The molecule has 0 aliphatic carbocycles. The van der Waals surface area contributed by atoms with Gasteiger partial charge in [0.2, 0.25) is 0 Å². The molecule has 0 fully saturated rings. The third-order valence-corrected chi connectivity index (χ3v) is 2.97. The van der Waals surface area contributed by atoms with Crippen molar-refractivity contribution in [1.82, 2.24) is 10.3 Å². The van der Waals surface area contributed by atoms with Crippen LogP contribution in [0.2, 0.25) is 0 Å². The largest absolute Gasteiger partial charge is 0.350 e. The van der Waals surface area contributed by atoms with E-state index in [0.717, 1.165) is 0 Å². The molecule has 5 nitrogen and oxygen atoms in total. The average Bonchev–Trinajstić information content (AvgIpc) is 2.52. The van der Waals surface area contributed by atoms with Crippen LogP contribution in [-0.4, -0.2) is 23.3 Å². The van der Waals surface area contributed by atoms with Crippen molar-refractivity contribution in [1.29, 1.82) is 0 Å². The Bertz CT molecular complexity index is 716. The Morgan fingerprint density at radius 3 is 2.39 bits per heavy atom. The lowest BCUT2D eigenvalue weighted by Gasteiger charge is -2.08. The summed E-state index contributed by atoms with van der Waals surface area (Å²) in [6.07, 6.45) is 0. The number of hydrogen-bond acceptors (Lipinski definition) is 3. The van der Waals surface area contributed by atoms with E-state index in [9.17, 15) is 14.0 Å². The highest BCUT2D eigenvalue weighted by Gasteiger charge is 2.13. The molecule has 0 atom stereocenters. The molecule has 0 radical (unpaired) electrons. The number of pyridine rings is 1. The highest BCUT2D eigenvalue weighted by Crippen LogP contribution is 2.11. The van der Waals surface area contributed by atoms with Crippen LogP contribution in [0.3, 0.4) is 0 Å². The number of anilines is 1. The summed E-state index contributed by atoms with van der Waals surface area (Å²) in [7, 11) is 0. The summed E-state index contributed by atoms with van der Waals surface area (Å²) < 4.78 is 13.1. The zero-order valence-corrected chi connectivity index (χ0v) is 13.0. The fourth-order valence-corrected chi connectivity index (χ4v) is 1.84. The van der Waals surface area contributed by atoms with Gasteiger partial charge in [-0.15, -0.1) is 0 Å². The van der Waals surface area contributed by atoms with E-state index in [1.54, 1.807) is 12.1 Å². The maximum absolute atomic E-state index is 13.1. The first-order valence-corrected chi connectivity index (χ1v) is 7.28. The van der Waals surface area contributed by atoms with Crippen LogP contribution in [0.4, 0.5) is 10.1 Å². The van der Waals surface area contributed by atoms with Gasteiger partial charge in [-0.2, -0.15) is 0 Å². The first kappa shape index (κ1) is 16.6. The second-order valence-electron chi connectivity index (χ2n) is 5.48. The molecule has 1 heterocycles. The van der Waals surface area contributed by atoms with Crippen molar-refractivity contribution >= 4 is 17.5 Å². The van der Waals surface area contributed by atoms with Crippen LogP contribution < -0.4 is 10.6 Å². The van der Waals surface area contributed by atoms with Crippen molar-refractivity contribution in [2.24, 2.45) is 5.92 Å². The molecule has 1 aromatic carbocycles. The highest BCUT2D eigenvalue weighted by atomic mass is 19.1. The van der Waals surface area contributed by atoms with Crippen molar-refractivity contribution in [2.45, 2.75) is 13.8 Å². The van der Waals surface area contributed by atoms with Gasteiger partial charge in [0, 0.05) is 12.2 Å². The number of amides is 2. The standard InChI is InChI=1S/C17H18FN3O2/c1-11(2)10-19-16(22)14-7-4-8-15(21-14)17(23)20-13-6-3-5-12(18)9-13/h3-9,11H,10H2,1-2H3,(H,19,22)(H,20,23). The predicted molar refractivity (Wildman–Crippen MR) is 85.8 cm³/mol. The predicted octanol–water partition coefficient (Wildman–Crippen LogP) is 2.86. The fraction of sp³-hybridized carbons (Fsp3) is 0.235. The van der Waals surface area contributed by atoms with Gasteiger partial charge in [0.05, 0.1) is 0 Å². The minimum atomic E-state index is -0.505. The van der Waals surface area contributed by atoms with Crippen LogP contribution in [0.1, 0.15) is 34.8 Å². The summed E-state index contributed by atoms with van der Waals surface area (Å²) in [6.45, 7) is 4.49. The van der Waals surface area contributed by atoms with Crippen molar-refractivity contribution in [3.8, 4) is 0 Å². The molecule has 0 unspecified atom stereocenters. The number of halogens is 1. The Kier molecular flexibility index (Phi) is 5.41. The molecule has 2 N–H and O–H groups in total. The van der Waals surface area contributed by atoms with Crippen molar-refractivity contribution in [3.63, 3.8) is 0 Å². The monoisotopic (exact) mass is 315 g/mol. The topological polar surface area (TPSA) is 71.1 Å². The SMILES string of the molecule is CC(C)CNC(=O)c1cccc(C(=O)Nc2cccc(F)c2)n1. The Hall–Kier alpha value is -2.76. The average molecular weight is 315 g/mol. The van der Waals surface area contributed by atoms with Gasteiger partial charge in [0.1, 0.15) is 17.2 Å². The van der Waals surface area contributed by atoms with Gasteiger partial charge in [-0.1, -0.05) is 26.0 Å². The van der Waals surface area contributed by atoms with Crippen LogP contribution in [0.25, 0.3) is 0 Å². The summed E-state index contributed by atoms with van der Waals surface area (Å²) in [6, 6.07) is 10.2. The molecule has 23 heavy (non-hydrogen) atoms. The third kappa shape index (κ3) is 4.88. The minimum absolute atomic E-state index is 0.0893. The summed E-state index contributed by atoms with van der Waals surface area (Å²) in [5, 5.41) is 5.28. The molecule has 0 bridgehead atoms. The highest BCUT2D eigenvalue weighted by molar-refractivity contribution is 6.03. The number of nitrogens with zero attached hydrogens (tertiary/aromatic N) is 1. The van der Waals surface area contributed by atoms with E-state index in [1.807, 2.05) is 13.8 Å². The second-order valence-corrected chi connectivity index (χ2v) is 5.48. The van der Waals surface area contributed by atoms with Crippen molar-refractivity contribution in [2.75, 3.05) is 11.9 Å². The normalized spacial score (nSPS) is 10.4. The minimum Gasteiger partial charge on any atom is -0.350 e. The molecule has 0 saturated heterocycles. The van der Waals surface area contributed by atoms with Crippen LogP contribution in [0.5, 0.6) is 0 Å². The summed E-state index contributed by atoms with van der Waals surface area (Å²) in [4.78, 5) is 28.2. The lowest BCUT2D eigenvalue weighted by molar-refractivity contribution is 0.0944. The van der Waals surface area contributed by atoms with Crippen molar-refractivity contribution < 1.29 is 14.0 Å². The maximum atomic E-state index is 13.1. The number of carbonyl (C=O) groups excluding carboxylic acids is 2. The van der Waals surface area contributed by atoms with Crippen LogP contribution in [-0.2, 0) is 0 Å². The van der Waals surface area contributed by atoms with E-state index < -0.39 is 11.7 Å². The van der Waals surface area contributed by atoms with Crippen molar-refractivity contribution in [3.05, 3.63) is 59.7 Å². The zero-order valence-electron chi connectivity index (χ0n) is 13.0. The quantitative estimate of drug-likeness (QED) is 0.891. The molecule has 1 aromatic heterocycles. The van der Waals surface area contributed by atoms with E-state index in [2.05, 4.69) is 15.6 Å². The number of benzene rings is 1. The first-order chi connectivity index (χ1) is 11.0. The number of aromatic nitrogens is 1. The second kappa shape index (κ2) is 7.49. The Balaban J connectivity index is 2.09. The Morgan fingerprint density at radius 2 is 1.74 bits per heavy atom. The maximum Gasteiger partial charge on any atom is 0.274 e. The number of nitrogens with one attached hydrogen (secondary N) is 2. The van der Waals surface area contributed by atoms with Crippen LogP contribution in [0.15, 0.2) is 42.5 Å². The van der Waals surface area contributed by atoms with Gasteiger partial charge in [0.15, 0.2) is 0 Å². The Labute approximate surface area is 133 Å². The van der Waals surface area contributed by atoms with Crippen LogP contribution >= 0.6 is 0 Å². The number of hydrogen-bond donors (Lipinski definition) is 2. The Morgan fingerprint density at radius 1 is 1.09 bits per heavy atom. The molecular formula is C17H18FN3O2. The van der Waals surface area contributed by atoms with E-state index in [0.29, 0.717) is 18.2 Å². The van der Waals surface area contributed by atoms with Gasteiger partial charge in [0.25, 0.3) is 11.8 Å². The van der Waals surface area contributed by atoms with Gasteiger partial charge in [-0.05, 0) is 36.2 Å². The molecule has 0 aliphatic heterocycles. The lowest BCUT2D eigenvalue weighted by Crippen LogP contribution is -2.28. The summed E-state index contributed by atoms with van der Waals surface area (Å²) in [5.41, 5.74) is 0.579. The molecule has 2 rings (SSSR count). The summed E-state index contributed by atoms with van der Waals surface area (Å²) >= 11 is 0. The smallest absolute Gasteiger partial charge is 0.274 e. The molecule has 120 valence electrons. The summed E-state index contributed by atoms with van der Waals surface area (Å²) in [5.74, 6) is -0.968. The third-order valence-electron chi connectivity index (χ3n) is 2.97. The molecule has 0 spiro atoms. The lowest BCUT2D eigenvalue weighted by atomic mass is 10.2. The van der Waals surface area contributed by atoms with Crippen LogP contribution in [0, 0.1) is 11.7 Å². The molecule has 0 aliphatic rings. The first-order valence-electron chi connectivity index (χ1n) is 7.28. The number of rotatable bonds is 5. The number of carbonyl (C=O) groups is 2. The molecule has 6 heteroatoms. The molecule has 2 aromatic rings. The van der Waals surface area contributed by atoms with Gasteiger partial charge < -0.3 is 10.6 Å². The van der Waals surface area contributed by atoms with Gasteiger partial charge >= 0.3 is 0 Å². The van der Waals surface area contributed by atoms with E-state index in [-0.39, 0.29) is 17.3 Å². The fourth-order valence-electron chi connectivity index (χ4n) is 1.84. The van der Waals surface area contributed by atoms with Gasteiger partial charge in [-0.3, -0.25) is 9.59 Å². The molecule has 0 saturated carbocycles. The van der Waals surface area contributed by atoms with Gasteiger partial charge in [-0.25, -0.2) is 9.37 Å². The molecule has 2 amide bonds. The van der Waals surface area contributed by atoms with E-state index >= 15 is 0 Å². The molecular weight excluding hydrogens is 297 g/mol.